The molecule has 0 aromatic heterocycles. The number of aryl methyl sites for hydroxylation is 2. The summed E-state index contributed by atoms with van der Waals surface area (Å²) in [6, 6.07) is 13.1. The Balaban J connectivity index is 2.45. The molecule has 0 spiro atoms. The van der Waals surface area contributed by atoms with Crippen LogP contribution in [0.1, 0.15) is 16.7 Å². The summed E-state index contributed by atoms with van der Waals surface area (Å²) in [6.45, 7) is 3.68. The Morgan fingerprint density at radius 2 is 1.61 bits per heavy atom. The highest BCUT2D eigenvalue weighted by atomic mass is 19.4. The zero-order valence-corrected chi connectivity index (χ0v) is 12.7. The lowest BCUT2D eigenvalue weighted by molar-refractivity contribution is -0.0596. The van der Waals surface area contributed by atoms with Crippen molar-refractivity contribution in [1.82, 2.24) is 0 Å². The highest BCUT2D eigenvalue weighted by molar-refractivity contribution is 6.07. The molecule has 3 nitrogen and oxygen atoms in total. The van der Waals surface area contributed by atoms with Gasteiger partial charge in [-0.1, -0.05) is 36.4 Å². The van der Waals surface area contributed by atoms with Crippen molar-refractivity contribution in [2.75, 3.05) is 0 Å². The van der Waals surface area contributed by atoms with Crippen LogP contribution < -0.4 is 5.73 Å². The highest BCUT2D eigenvalue weighted by Crippen LogP contribution is 2.24. The summed E-state index contributed by atoms with van der Waals surface area (Å²) >= 11 is 0. The van der Waals surface area contributed by atoms with E-state index in [9.17, 15) is 13.2 Å². The Hall–Kier alpha value is -2.63. The van der Waals surface area contributed by atoms with Crippen molar-refractivity contribution in [3.8, 4) is 0 Å². The highest BCUT2D eigenvalue weighted by Gasteiger charge is 2.36. The number of rotatable bonds is 2. The quantitative estimate of drug-likeness (QED) is 0.651. The van der Waals surface area contributed by atoms with Gasteiger partial charge in [0.15, 0.2) is 0 Å². The average Bonchev–Trinajstić information content (AvgIpc) is 2.50. The number of aliphatic imine (C=N–C) groups is 2. The lowest BCUT2D eigenvalue weighted by atomic mass is 10.1. The van der Waals surface area contributed by atoms with Crippen LogP contribution in [0.4, 0.5) is 18.9 Å². The summed E-state index contributed by atoms with van der Waals surface area (Å²) in [5.74, 6) is -1.51. The van der Waals surface area contributed by atoms with E-state index in [1.807, 2.05) is 13.8 Å². The Bertz CT molecular complexity index is 747. The molecular formula is C17H16F3N3. The van der Waals surface area contributed by atoms with Gasteiger partial charge in [-0.05, 0) is 37.1 Å². The van der Waals surface area contributed by atoms with Gasteiger partial charge in [-0.3, -0.25) is 0 Å². The van der Waals surface area contributed by atoms with E-state index in [2.05, 4.69) is 9.98 Å². The van der Waals surface area contributed by atoms with E-state index >= 15 is 0 Å². The molecule has 0 unspecified atom stereocenters. The second-order valence-corrected chi connectivity index (χ2v) is 5.06. The van der Waals surface area contributed by atoms with Gasteiger partial charge in [0.2, 0.25) is 5.84 Å². The summed E-state index contributed by atoms with van der Waals surface area (Å²) in [7, 11) is 0. The topological polar surface area (TPSA) is 50.7 Å². The van der Waals surface area contributed by atoms with Crippen molar-refractivity contribution in [3.05, 3.63) is 65.2 Å². The molecule has 6 heteroatoms. The molecule has 0 saturated carbocycles. The molecule has 0 aliphatic rings. The summed E-state index contributed by atoms with van der Waals surface area (Å²) in [5.41, 5.74) is 8.09. The zero-order valence-electron chi connectivity index (χ0n) is 12.7. The minimum absolute atomic E-state index is 0.185. The number of hydrogen-bond donors (Lipinski definition) is 1. The van der Waals surface area contributed by atoms with Gasteiger partial charge in [0, 0.05) is 5.56 Å². The number of amidine groups is 2. The van der Waals surface area contributed by atoms with Crippen molar-refractivity contribution in [2.24, 2.45) is 15.7 Å². The Morgan fingerprint density at radius 3 is 2.17 bits per heavy atom. The van der Waals surface area contributed by atoms with E-state index in [4.69, 9.17) is 5.73 Å². The Morgan fingerprint density at radius 1 is 0.957 bits per heavy atom. The predicted molar refractivity (Wildman–Crippen MR) is 86.2 cm³/mol. The Labute approximate surface area is 132 Å². The van der Waals surface area contributed by atoms with E-state index in [0.717, 1.165) is 11.1 Å². The van der Waals surface area contributed by atoms with Gasteiger partial charge >= 0.3 is 6.18 Å². The molecule has 0 atom stereocenters. The van der Waals surface area contributed by atoms with Crippen molar-refractivity contribution in [2.45, 2.75) is 20.0 Å². The zero-order chi connectivity index (χ0) is 17.0. The smallest absolute Gasteiger partial charge is 0.383 e. The van der Waals surface area contributed by atoms with Crippen LogP contribution in [0.3, 0.4) is 0 Å². The first-order valence-corrected chi connectivity index (χ1v) is 6.90. The van der Waals surface area contributed by atoms with Crippen LogP contribution in [0.2, 0.25) is 0 Å². The van der Waals surface area contributed by atoms with Crippen LogP contribution in [-0.2, 0) is 0 Å². The fourth-order valence-corrected chi connectivity index (χ4v) is 1.86. The SMILES string of the molecule is Cc1ccc(N=C(N=C(N)c2ccccc2)C(F)(F)F)cc1C. The van der Waals surface area contributed by atoms with Crippen LogP contribution in [0.5, 0.6) is 0 Å². The van der Waals surface area contributed by atoms with E-state index in [0.29, 0.717) is 5.56 Å². The van der Waals surface area contributed by atoms with Gasteiger partial charge in [0.25, 0.3) is 0 Å². The van der Waals surface area contributed by atoms with Crippen molar-refractivity contribution in [3.63, 3.8) is 0 Å². The van der Waals surface area contributed by atoms with E-state index in [1.165, 1.54) is 6.07 Å². The maximum absolute atomic E-state index is 13.2. The summed E-state index contributed by atoms with van der Waals surface area (Å²) < 4.78 is 39.5. The van der Waals surface area contributed by atoms with Crippen LogP contribution in [-0.4, -0.2) is 17.8 Å². The van der Waals surface area contributed by atoms with Crippen molar-refractivity contribution >= 4 is 17.4 Å². The number of hydrogen-bond acceptors (Lipinski definition) is 1. The van der Waals surface area contributed by atoms with Gasteiger partial charge in [-0.2, -0.15) is 13.2 Å². The molecule has 23 heavy (non-hydrogen) atoms. The normalized spacial score (nSPS) is 13.3. The monoisotopic (exact) mass is 319 g/mol. The van der Waals surface area contributed by atoms with Crippen LogP contribution in [0.25, 0.3) is 0 Å². The molecule has 120 valence electrons. The lowest BCUT2D eigenvalue weighted by Crippen LogP contribution is -2.25. The maximum Gasteiger partial charge on any atom is 0.451 e. The first-order chi connectivity index (χ1) is 10.8. The minimum Gasteiger partial charge on any atom is -0.383 e. The number of halogens is 3. The molecule has 0 bridgehead atoms. The fraction of sp³-hybridized carbons (Fsp3) is 0.176. The first kappa shape index (κ1) is 16.7. The molecule has 2 rings (SSSR count). The van der Waals surface area contributed by atoms with Crippen LogP contribution >= 0.6 is 0 Å². The van der Waals surface area contributed by atoms with E-state index < -0.39 is 12.0 Å². The molecule has 0 amide bonds. The standard InChI is InChI=1S/C17H16F3N3/c1-11-8-9-14(10-12(11)2)22-16(17(18,19)20)23-15(21)13-6-4-3-5-7-13/h3-10H,1-2H3,(H2,21,22,23). The van der Waals surface area contributed by atoms with Crippen molar-refractivity contribution in [1.29, 1.82) is 0 Å². The second-order valence-electron chi connectivity index (χ2n) is 5.06. The number of alkyl halides is 3. The van der Waals surface area contributed by atoms with Crippen LogP contribution in [0, 0.1) is 13.8 Å². The van der Waals surface area contributed by atoms with Gasteiger partial charge in [-0.25, -0.2) is 9.98 Å². The molecule has 0 aliphatic carbocycles. The molecule has 0 radical (unpaired) electrons. The lowest BCUT2D eigenvalue weighted by Gasteiger charge is -2.08. The molecule has 0 aliphatic heterocycles. The van der Waals surface area contributed by atoms with E-state index in [-0.39, 0.29) is 11.5 Å². The van der Waals surface area contributed by atoms with Crippen LogP contribution in [0.15, 0.2) is 58.5 Å². The molecule has 0 fully saturated rings. The molecule has 2 N–H and O–H groups in total. The number of nitrogens with zero attached hydrogens (tertiary/aromatic N) is 2. The van der Waals surface area contributed by atoms with Gasteiger partial charge < -0.3 is 5.73 Å². The summed E-state index contributed by atoms with van der Waals surface area (Å²) in [5, 5.41) is 0. The minimum atomic E-state index is -4.70. The van der Waals surface area contributed by atoms with Crippen molar-refractivity contribution < 1.29 is 13.2 Å². The number of nitrogens with two attached hydrogens (primary N) is 1. The third-order valence-corrected chi connectivity index (χ3v) is 3.27. The first-order valence-electron chi connectivity index (χ1n) is 6.90. The maximum atomic E-state index is 13.2. The fourth-order valence-electron chi connectivity index (χ4n) is 1.86. The summed E-state index contributed by atoms with van der Waals surface area (Å²) in [6.07, 6.45) is -4.70. The molecule has 0 heterocycles. The molecular weight excluding hydrogens is 303 g/mol. The predicted octanol–water partition coefficient (Wildman–Crippen LogP) is 4.30. The largest absolute Gasteiger partial charge is 0.451 e. The third-order valence-electron chi connectivity index (χ3n) is 3.27. The third kappa shape index (κ3) is 4.42. The van der Waals surface area contributed by atoms with Gasteiger partial charge in [0.05, 0.1) is 5.69 Å². The Kier molecular flexibility index (Phi) is 4.83. The van der Waals surface area contributed by atoms with Gasteiger partial charge in [0.1, 0.15) is 5.84 Å². The molecule has 2 aromatic rings. The molecule has 2 aromatic carbocycles. The van der Waals surface area contributed by atoms with Gasteiger partial charge in [-0.15, -0.1) is 0 Å². The average molecular weight is 319 g/mol. The van der Waals surface area contributed by atoms with E-state index in [1.54, 1.807) is 42.5 Å². The number of benzene rings is 2. The molecule has 0 saturated heterocycles. The second kappa shape index (κ2) is 6.64. The summed E-state index contributed by atoms with van der Waals surface area (Å²) in [4.78, 5) is 7.11.